The van der Waals surface area contributed by atoms with Gasteiger partial charge in [-0.15, -0.1) is 0 Å². The maximum Gasteiger partial charge on any atom is 0.333 e. The molecule has 0 aliphatic carbocycles. The number of carbonyl (C=O) groups excluding carboxylic acids is 3. The zero-order chi connectivity index (χ0) is 15.8. The number of benzene rings is 1. The molecule has 21 heavy (non-hydrogen) atoms. The molecule has 1 aromatic rings. The van der Waals surface area contributed by atoms with Crippen LogP contribution >= 0.6 is 0 Å². The monoisotopic (exact) mass is 289 g/mol. The first-order valence-corrected chi connectivity index (χ1v) is 6.90. The molecule has 1 aliphatic rings. The van der Waals surface area contributed by atoms with Gasteiger partial charge < -0.3 is 4.84 Å². The van der Waals surface area contributed by atoms with Crippen molar-refractivity contribution in [1.29, 1.82) is 0 Å². The Morgan fingerprint density at radius 1 is 1.14 bits per heavy atom. The molecule has 0 N–H and O–H groups in total. The molecule has 0 spiro atoms. The van der Waals surface area contributed by atoms with Crippen molar-refractivity contribution in [1.82, 2.24) is 5.06 Å². The topological polar surface area (TPSA) is 63.7 Å². The number of fused-ring (bicyclic) bond motifs is 1. The largest absolute Gasteiger partial charge is 0.333 e. The SMILES string of the molecule is CC(CC(=O)ON1C(=O)c2ccccc2C1=O)C(C)(C)C. The van der Waals surface area contributed by atoms with Gasteiger partial charge in [0.25, 0.3) is 11.8 Å². The molecule has 1 aliphatic heterocycles. The molecule has 2 rings (SSSR count). The van der Waals surface area contributed by atoms with Crippen LogP contribution in [0.3, 0.4) is 0 Å². The van der Waals surface area contributed by atoms with E-state index in [-0.39, 0.29) is 28.9 Å². The third kappa shape index (κ3) is 2.96. The Hall–Kier alpha value is -2.17. The van der Waals surface area contributed by atoms with Crippen molar-refractivity contribution < 1.29 is 19.2 Å². The zero-order valence-corrected chi connectivity index (χ0v) is 12.7. The molecular formula is C16H19NO4. The van der Waals surface area contributed by atoms with Crippen molar-refractivity contribution in [2.45, 2.75) is 34.1 Å². The lowest BCUT2D eigenvalue weighted by Crippen LogP contribution is -2.34. The summed E-state index contributed by atoms with van der Waals surface area (Å²) in [6.07, 6.45) is 0.150. The predicted molar refractivity (Wildman–Crippen MR) is 76.3 cm³/mol. The number of hydrogen-bond acceptors (Lipinski definition) is 4. The fraction of sp³-hybridized carbons (Fsp3) is 0.438. The molecule has 5 nitrogen and oxygen atoms in total. The van der Waals surface area contributed by atoms with E-state index in [1.54, 1.807) is 24.3 Å². The first-order chi connectivity index (χ1) is 9.71. The van der Waals surface area contributed by atoms with E-state index < -0.39 is 17.8 Å². The smallest absolute Gasteiger partial charge is 0.330 e. The van der Waals surface area contributed by atoms with Crippen LogP contribution in [0.1, 0.15) is 54.8 Å². The van der Waals surface area contributed by atoms with Gasteiger partial charge in [-0.3, -0.25) is 9.59 Å². The van der Waals surface area contributed by atoms with E-state index in [2.05, 4.69) is 0 Å². The molecule has 1 aromatic carbocycles. The van der Waals surface area contributed by atoms with E-state index in [0.717, 1.165) is 0 Å². The van der Waals surface area contributed by atoms with Gasteiger partial charge in [0, 0.05) is 0 Å². The Bertz CT molecular complexity index is 566. The normalized spacial score (nSPS) is 15.9. The molecule has 0 saturated carbocycles. The minimum atomic E-state index is -0.590. The van der Waals surface area contributed by atoms with E-state index in [1.165, 1.54) is 0 Å². The molecule has 0 bridgehead atoms. The van der Waals surface area contributed by atoms with Crippen molar-refractivity contribution in [3.63, 3.8) is 0 Å². The molecule has 1 unspecified atom stereocenters. The number of rotatable bonds is 3. The van der Waals surface area contributed by atoms with E-state index in [4.69, 9.17) is 4.84 Å². The standard InChI is InChI=1S/C16H19NO4/c1-10(16(2,3)4)9-13(18)21-17-14(19)11-7-5-6-8-12(11)15(17)20/h5-8,10H,9H2,1-4H3. The average Bonchev–Trinajstić information content (AvgIpc) is 2.63. The maximum absolute atomic E-state index is 12.1. The highest BCUT2D eigenvalue weighted by Gasteiger charge is 2.39. The van der Waals surface area contributed by atoms with E-state index in [9.17, 15) is 14.4 Å². The third-order valence-electron chi connectivity index (χ3n) is 3.90. The second-order valence-corrected chi connectivity index (χ2v) is 6.38. The number of nitrogens with zero attached hydrogens (tertiary/aromatic N) is 1. The molecule has 0 radical (unpaired) electrons. The van der Waals surface area contributed by atoms with Gasteiger partial charge >= 0.3 is 5.97 Å². The Morgan fingerprint density at radius 3 is 2.05 bits per heavy atom. The number of hydroxylamine groups is 2. The maximum atomic E-state index is 12.1. The van der Waals surface area contributed by atoms with Crippen LogP contribution in [0, 0.1) is 11.3 Å². The Morgan fingerprint density at radius 2 is 1.62 bits per heavy atom. The minimum absolute atomic E-state index is 0.0546. The Labute approximate surface area is 123 Å². The Kier molecular flexibility index (Phi) is 3.85. The molecule has 2 amide bonds. The molecule has 0 fully saturated rings. The van der Waals surface area contributed by atoms with Crippen LogP contribution in [0.5, 0.6) is 0 Å². The molecular weight excluding hydrogens is 270 g/mol. The summed E-state index contributed by atoms with van der Waals surface area (Å²) in [5.74, 6) is -1.69. The van der Waals surface area contributed by atoms with Gasteiger partial charge in [-0.05, 0) is 23.5 Å². The van der Waals surface area contributed by atoms with Crippen molar-refractivity contribution in [3.8, 4) is 0 Å². The van der Waals surface area contributed by atoms with Crippen molar-refractivity contribution in [2.24, 2.45) is 11.3 Å². The molecule has 5 heteroatoms. The summed E-state index contributed by atoms with van der Waals surface area (Å²) in [5.41, 5.74) is 0.472. The van der Waals surface area contributed by atoms with Crippen LogP contribution in [0.4, 0.5) is 0 Å². The number of carbonyl (C=O) groups is 3. The average molecular weight is 289 g/mol. The van der Waals surface area contributed by atoms with Crippen LogP contribution in [0.25, 0.3) is 0 Å². The Balaban J connectivity index is 2.07. The molecule has 0 aromatic heterocycles. The number of amides is 2. The van der Waals surface area contributed by atoms with Gasteiger partial charge in [0.15, 0.2) is 0 Å². The molecule has 0 saturated heterocycles. The van der Waals surface area contributed by atoms with E-state index in [1.807, 2.05) is 27.7 Å². The summed E-state index contributed by atoms with van der Waals surface area (Å²) in [4.78, 5) is 41.0. The highest BCUT2D eigenvalue weighted by atomic mass is 16.7. The van der Waals surface area contributed by atoms with Crippen molar-refractivity contribution in [3.05, 3.63) is 35.4 Å². The highest BCUT2D eigenvalue weighted by Crippen LogP contribution is 2.29. The number of hydrogen-bond donors (Lipinski definition) is 0. The van der Waals surface area contributed by atoms with Gasteiger partial charge in [0.2, 0.25) is 0 Å². The molecule has 1 heterocycles. The van der Waals surface area contributed by atoms with Gasteiger partial charge in [-0.1, -0.05) is 44.9 Å². The third-order valence-corrected chi connectivity index (χ3v) is 3.90. The highest BCUT2D eigenvalue weighted by molar-refractivity contribution is 6.20. The van der Waals surface area contributed by atoms with Crippen LogP contribution < -0.4 is 0 Å². The molecule has 1 atom stereocenters. The van der Waals surface area contributed by atoms with E-state index >= 15 is 0 Å². The van der Waals surface area contributed by atoms with Crippen LogP contribution in [-0.4, -0.2) is 22.8 Å². The minimum Gasteiger partial charge on any atom is -0.330 e. The quantitative estimate of drug-likeness (QED) is 0.803. The van der Waals surface area contributed by atoms with Crippen molar-refractivity contribution >= 4 is 17.8 Å². The second-order valence-electron chi connectivity index (χ2n) is 6.38. The fourth-order valence-corrected chi connectivity index (χ4v) is 1.95. The number of imide groups is 1. The first-order valence-electron chi connectivity index (χ1n) is 6.90. The molecule has 112 valence electrons. The lowest BCUT2D eigenvalue weighted by molar-refractivity contribution is -0.170. The summed E-state index contributed by atoms with van der Waals surface area (Å²) in [6.45, 7) is 8.00. The summed E-state index contributed by atoms with van der Waals surface area (Å²) < 4.78 is 0. The summed E-state index contributed by atoms with van der Waals surface area (Å²) in [6, 6.07) is 6.41. The van der Waals surface area contributed by atoms with Gasteiger partial charge in [0.1, 0.15) is 0 Å². The second kappa shape index (κ2) is 5.31. The predicted octanol–water partition coefficient (Wildman–Crippen LogP) is 2.81. The van der Waals surface area contributed by atoms with Gasteiger partial charge in [-0.25, -0.2) is 4.79 Å². The summed E-state index contributed by atoms with van der Waals surface area (Å²) in [7, 11) is 0. The van der Waals surface area contributed by atoms with Crippen molar-refractivity contribution in [2.75, 3.05) is 0 Å². The summed E-state index contributed by atoms with van der Waals surface area (Å²) >= 11 is 0. The van der Waals surface area contributed by atoms with Gasteiger partial charge in [-0.2, -0.15) is 0 Å². The lowest BCUT2D eigenvalue weighted by Gasteiger charge is -2.26. The fourth-order valence-electron chi connectivity index (χ4n) is 1.95. The van der Waals surface area contributed by atoms with Crippen LogP contribution in [0.2, 0.25) is 0 Å². The zero-order valence-electron chi connectivity index (χ0n) is 12.7. The van der Waals surface area contributed by atoms with E-state index in [0.29, 0.717) is 5.06 Å². The summed E-state index contributed by atoms with van der Waals surface area (Å²) in [5, 5.41) is 0.558. The lowest BCUT2D eigenvalue weighted by atomic mass is 9.80. The first kappa shape index (κ1) is 15.2. The van der Waals surface area contributed by atoms with Crippen LogP contribution in [-0.2, 0) is 9.63 Å². The van der Waals surface area contributed by atoms with Crippen LogP contribution in [0.15, 0.2) is 24.3 Å². The van der Waals surface area contributed by atoms with Gasteiger partial charge in [0.05, 0.1) is 17.5 Å².